The highest BCUT2D eigenvalue weighted by Gasteiger charge is 2.06. The molecule has 0 radical (unpaired) electrons. The van der Waals surface area contributed by atoms with Crippen molar-refractivity contribution in [3.8, 4) is 5.75 Å². The summed E-state index contributed by atoms with van der Waals surface area (Å²) in [6.07, 6.45) is 1.69. The van der Waals surface area contributed by atoms with Crippen molar-refractivity contribution < 1.29 is 4.74 Å². The van der Waals surface area contributed by atoms with Crippen molar-refractivity contribution in [2.24, 2.45) is 17.2 Å². The van der Waals surface area contributed by atoms with Gasteiger partial charge in [0.2, 0.25) is 0 Å². The van der Waals surface area contributed by atoms with E-state index in [9.17, 15) is 0 Å². The number of benzene rings is 1. The Labute approximate surface area is 101 Å². The molecule has 0 spiro atoms. The Hall–Kier alpha value is -1.59. The van der Waals surface area contributed by atoms with E-state index in [2.05, 4.69) is 0 Å². The van der Waals surface area contributed by atoms with Crippen LogP contribution >= 0.6 is 0 Å². The number of nitrogen functional groups attached to an aromatic ring is 1. The van der Waals surface area contributed by atoms with Crippen LogP contribution in [0, 0.1) is 5.41 Å². The standard InChI is InChI=1S/C12H20N4O/c13-5-1-2-9-8-10(12(15)16)3-4-11(9)17-7-6-14/h3-4,8H,1-2,5-7,13-14H2,(H3,15,16). The highest BCUT2D eigenvalue weighted by atomic mass is 16.5. The molecule has 0 atom stereocenters. The maximum Gasteiger partial charge on any atom is 0.122 e. The average molecular weight is 236 g/mol. The van der Waals surface area contributed by atoms with E-state index in [1.807, 2.05) is 12.1 Å². The number of ether oxygens (including phenoxy) is 1. The maximum atomic E-state index is 7.41. The lowest BCUT2D eigenvalue weighted by Crippen LogP contribution is -2.14. The molecule has 0 aromatic heterocycles. The molecule has 0 saturated heterocycles. The summed E-state index contributed by atoms with van der Waals surface area (Å²) in [5, 5.41) is 7.41. The van der Waals surface area contributed by atoms with E-state index < -0.39 is 0 Å². The van der Waals surface area contributed by atoms with E-state index in [4.69, 9.17) is 27.3 Å². The van der Waals surface area contributed by atoms with Crippen LogP contribution < -0.4 is 21.9 Å². The third-order valence-corrected chi connectivity index (χ3v) is 2.40. The Morgan fingerprint density at radius 1 is 1.24 bits per heavy atom. The van der Waals surface area contributed by atoms with Gasteiger partial charge in [-0.15, -0.1) is 0 Å². The van der Waals surface area contributed by atoms with Gasteiger partial charge in [0, 0.05) is 12.1 Å². The lowest BCUT2D eigenvalue weighted by molar-refractivity contribution is 0.324. The van der Waals surface area contributed by atoms with Gasteiger partial charge in [0.25, 0.3) is 0 Å². The van der Waals surface area contributed by atoms with Gasteiger partial charge in [0.15, 0.2) is 0 Å². The van der Waals surface area contributed by atoms with E-state index >= 15 is 0 Å². The van der Waals surface area contributed by atoms with Crippen molar-refractivity contribution >= 4 is 5.84 Å². The molecule has 0 unspecified atom stereocenters. The summed E-state index contributed by atoms with van der Waals surface area (Å²) in [5.41, 5.74) is 18.1. The van der Waals surface area contributed by atoms with Gasteiger partial charge < -0.3 is 21.9 Å². The molecule has 0 aliphatic heterocycles. The van der Waals surface area contributed by atoms with Crippen molar-refractivity contribution in [3.05, 3.63) is 29.3 Å². The van der Waals surface area contributed by atoms with Crippen LogP contribution in [0.4, 0.5) is 0 Å². The predicted octanol–water partition coefficient (Wildman–Crippen LogP) is 0.199. The van der Waals surface area contributed by atoms with Gasteiger partial charge in [0.1, 0.15) is 18.2 Å². The number of nitrogens with two attached hydrogens (primary N) is 3. The summed E-state index contributed by atoms with van der Waals surface area (Å²) in [7, 11) is 0. The first-order chi connectivity index (χ1) is 8.19. The zero-order valence-corrected chi connectivity index (χ0v) is 9.91. The van der Waals surface area contributed by atoms with Crippen LogP contribution in [0.1, 0.15) is 17.5 Å². The Morgan fingerprint density at radius 3 is 2.59 bits per heavy atom. The number of hydrogen-bond donors (Lipinski definition) is 4. The van der Waals surface area contributed by atoms with Crippen molar-refractivity contribution in [3.63, 3.8) is 0 Å². The minimum Gasteiger partial charge on any atom is -0.492 e. The van der Waals surface area contributed by atoms with Crippen molar-refractivity contribution in [2.75, 3.05) is 19.7 Å². The lowest BCUT2D eigenvalue weighted by Gasteiger charge is -2.12. The molecule has 0 aliphatic rings. The minimum atomic E-state index is 0.0596. The average Bonchev–Trinajstić information content (AvgIpc) is 2.34. The zero-order valence-electron chi connectivity index (χ0n) is 9.91. The second-order valence-electron chi connectivity index (χ2n) is 3.77. The first kappa shape index (κ1) is 13.5. The number of nitrogens with one attached hydrogen (secondary N) is 1. The molecule has 1 rings (SSSR count). The second-order valence-corrected chi connectivity index (χ2v) is 3.77. The fourth-order valence-corrected chi connectivity index (χ4v) is 1.54. The Bertz CT molecular complexity index is 379. The van der Waals surface area contributed by atoms with E-state index in [0.29, 0.717) is 25.3 Å². The topological polar surface area (TPSA) is 111 Å². The van der Waals surface area contributed by atoms with Gasteiger partial charge in [0.05, 0.1) is 0 Å². The van der Waals surface area contributed by atoms with Gasteiger partial charge >= 0.3 is 0 Å². The molecule has 5 nitrogen and oxygen atoms in total. The third-order valence-electron chi connectivity index (χ3n) is 2.40. The van der Waals surface area contributed by atoms with Crippen molar-refractivity contribution in [1.29, 1.82) is 5.41 Å². The largest absolute Gasteiger partial charge is 0.492 e. The monoisotopic (exact) mass is 236 g/mol. The van der Waals surface area contributed by atoms with E-state index in [1.165, 1.54) is 0 Å². The molecular formula is C12H20N4O. The highest BCUT2D eigenvalue weighted by Crippen LogP contribution is 2.21. The molecule has 1 aromatic carbocycles. The summed E-state index contributed by atoms with van der Waals surface area (Å²) in [6.45, 7) is 1.58. The summed E-state index contributed by atoms with van der Waals surface area (Å²) in [5.74, 6) is 0.860. The summed E-state index contributed by atoms with van der Waals surface area (Å²) in [6, 6.07) is 5.49. The quantitative estimate of drug-likeness (QED) is 0.400. The van der Waals surface area contributed by atoms with Gasteiger partial charge in [-0.05, 0) is 43.1 Å². The number of hydrogen-bond acceptors (Lipinski definition) is 4. The molecule has 0 aliphatic carbocycles. The van der Waals surface area contributed by atoms with Crippen LogP contribution in [0.2, 0.25) is 0 Å². The first-order valence-electron chi connectivity index (χ1n) is 5.69. The van der Waals surface area contributed by atoms with E-state index in [0.717, 1.165) is 24.2 Å². The van der Waals surface area contributed by atoms with Gasteiger partial charge in [-0.3, -0.25) is 5.41 Å². The predicted molar refractivity (Wildman–Crippen MR) is 69.4 cm³/mol. The smallest absolute Gasteiger partial charge is 0.122 e. The van der Waals surface area contributed by atoms with E-state index in [-0.39, 0.29) is 5.84 Å². The molecule has 7 N–H and O–H groups in total. The second kappa shape index (κ2) is 6.88. The normalized spacial score (nSPS) is 10.2. The molecule has 17 heavy (non-hydrogen) atoms. The van der Waals surface area contributed by atoms with Crippen molar-refractivity contribution in [2.45, 2.75) is 12.8 Å². The van der Waals surface area contributed by atoms with Crippen LogP contribution in [-0.2, 0) is 6.42 Å². The maximum absolute atomic E-state index is 7.41. The molecule has 94 valence electrons. The molecule has 0 heterocycles. The molecule has 1 aromatic rings. The Kier molecular flexibility index (Phi) is 5.45. The number of rotatable bonds is 7. The van der Waals surface area contributed by atoms with Crippen LogP contribution in [0.15, 0.2) is 18.2 Å². The first-order valence-corrected chi connectivity index (χ1v) is 5.69. The van der Waals surface area contributed by atoms with E-state index in [1.54, 1.807) is 6.07 Å². The van der Waals surface area contributed by atoms with Crippen LogP contribution in [-0.4, -0.2) is 25.5 Å². The fourth-order valence-electron chi connectivity index (χ4n) is 1.54. The van der Waals surface area contributed by atoms with Crippen molar-refractivity contribution in [1.82, 2.24) is 0 Å². The molecule has 0 saturated carbocycles. The Morgan fingerprint density at radius 2 is 2.00 bits per heavy atom. The molecule has 0 fully saturated rings. The summed E-state index contributed by atoms with van der Waals surface area (Å²) in [4.78, 5) is 0. The number of aryl methyl sites for hydroxylation is 1. The molecule has 5 heteroatoms. The van der Waals surface area contributed by atoms with Crippen LogP contribution in [0.3, 0.4) is 0 Å². The zero-order chi connectivity index (χ0) is 12.7. The third kappa shape index (κ3) is 4.05. The van der Waals surface area contributed by atoms with Crippen LogP contribution in [0.25, 0.3) is 0 Å². The highest BCUT2D eigenvalue weighted by molar-refractivity contribution is 5.95. The summed E-state index contributed by atoms with van der Waals surface area (Å²) < 4.78 is 5.54. The van der Waals surface area contributed by atoms with Gasteiger partial charge in [-0.25, -0.2) is 0 Å². The molecule has 0 amide bonds. The molecule has 0 bridgehead atoms. The Balaban J connectivity index is 2.90. The minimum absolute atomic E-state index is 0.0596. The number of amidine groups is 1. The lowest BCUT2D eigenvalue weighted by atomic mass is 10.0. The van der Waals surface area contributed by atoms with Gasteiger partial charge in [-0.1, -0.05) is 0 Å². The summed E-state index contributed by atoms with van der Waals surface area (Å²) >= 11 is 0. The SMILES string of the molecule is N=C(N)c1ccc(OCCN)c(CCCN)c1. The van der Waals surface area contributed by atoms with Crippen LogP contribution in [0.5, 0.6) is 5.75 Å². The fraction of sp³-hybridized carbons (Fsp3) is 0.417. The van der Waals surface area contributed by atoms with Gasteiger partial charge in [-0.2, -0.15) is 0 Å². The molecular weight excluding hydrogens is 216 g/mol.